The van der Waals surface area contributed by atoms with Crippen LogP contribution in [-0.4, -0.2) is 42.6 Å². The third-order valence-corrected chi connectivity index (χ3v) is 3.95. The first kappa shape index (κ1) is 18.3. The van der Waals surface area contributed by atoms with Crippen LogP contribution in [0.2, 0.25) is 0 Å². The molecule has 0 radical (unpaired) electrons. The number of primary amides is 1. The monoisotopic (exact) mass is 344 g/mol. The van der Waals surface area contributed by atoms with Gasteiger partial charge in [-0.1, -0.05) is 30.3 Å². The van der Waals surface area contributed by atoms with Crippen molar-refractivity contribution in [1.29, 1.82) is 0 Å². The van der Waals surface area contributed by atoms with E-state index in [1.54, 1.807) is 30.3 Å². The van der Waals surface area contributed by atoms with Gasteiger partial charge in [-0.2, -0.15) is 13.2 Å². The number of nitrogens with zero attached hydrogens (tertiary/aromatic N) is 1. The molecule has 0 spiro atoms. The Labute approximate surface area is 137 Å². The van der Waals surface area contributed by atoms with Crippen molar-refractivity contribution in [2.45, 2.75) is 25.1 Å². The van der Waals surface area contributed by atoms with Crippen LogP contribution in [0.3, 0.4) is 0 Å². The van der Waals surface area contributed by atoms with Gasteiger partial charge >= 0.3 is 6.18 Å². The lowest BCUT2D eigenvalue weighted by molar-refractivity contribution is -0.191. The minimum atomic E-state index is -4.52. The molecule has 1 fully saturated rings. The fourth-order valence-electron chi connectivity index (χ4n) is 2.67. The van der Waals surface area contributed by atoms with E-state index in [0.717, 1.165) is 0 Å². The van der Waals surface area contributed by atoms with E-state index in [0.29, 0.717) is 18.4 Å². The van der Waals surface area contributed by atoms with Crippen LogP contribution in [-0.2, 0) is 14.3 Å². The second-order valence-electron chi connectivity index (χ2n) is 5.72. The topological polar surface area (TPSA) is 72.6 Å². The van der Waals surface area contributed by atoms with E-state index in [1.165, 1.54) is 4.90 Å². The molecule has 0 unspecified atom stereocenters. The van der Waals surface area contributed by atoms with Gasteiger partial charge in [-0.25, -0.2) is 0 Å². The van der Waals surface area contributed by atoms with Gasteiger partial charge in [0.15, 0.2) is 6.10 Å². The average Bonchev–Trinajstić information content (AvgIpc) is 2.55. The summed E-state index contributed by atoms with van der Waals surface area (Å²) in [6.07, 6.45) is -5.03. The number of ether oxygens (including phenoxy) is 1. The van der Waals surface area contributed by atoms with Gasteiger partial charge in [0.05, 0.1) is 0 Å². The SMILES string of the molecule is NC(=O)C1CCN(C(=O)[C@@H](OCC(F)(F)F)c2ccccc2)CC1. The van der Waals surface area contributed by atoms with Crippen molar-refractivity contribution in [3.63, 3.8) is 0 Å². The van der Waals surface area contributed by atoms with Gasteiger partial charge in [0, 0.05) is 19.0 Å². The van der Waals surface area contributed by atoms with Crippen molar-refractivity contribution in [1.82, 2.24) is 4.90 Å². The maximum atomic E-state index is 12.6. The summed E-state index contributed by atoms with van der Waals surface area (Å²) in [5.41, 5.74) is 5.61. The van der Waals surface area contributed by atoms with Crippen LogP contribution in [0.4, 0.5) is 13.2 Å². The quantitative estimate of drug-likeness (QED) is 0.888. The molecule has 132 valence electrons. The molecule has 2 amide bonds. The van der Waals surface area contributed by atoms with E-state index in [9.17, 15) is 22.8 Å². The van der Waals surface area contributed by atoms with Gasteiger partial charge in [0.25, 0.3) is 5.91 Å². The smallest absolute Gasteiger partial charge is 0.369 e. The van der Waals surface area contributed by atoms with Crippen molar-refractivity contribution in [2.24, 2.45) is 11.7 Å². The highest BCUT2D eigenvalue weighted by molar-refractivity contribution is 5.83. The summed E-state index contributed by atoms with van der Waals surface area (Å²) in [5, 5.41) is 0. The Morgan fingerprint density at radius 1 is 1.21 bits per heavy atom. The summed E-state index contributed by atoms with van der Waals surface area (Å²) in [4.78, 5) is 25.2. The first-order valence-corrected chi connectivity index (χ1v) is 7.59. The predicted molar refractivity (Wildman–Crippen MR) is 79.7 cm³/mol. The van der Waals surface area contributed by atoms with Gasteiger partial charge < -0.3 is 15.4 Å². The summed E-state index contributed by atoms with van der Waals surface area (Å²) >= 11 is 0. The molecule has 8 heteroatoms. The van der Waals surface area contributed by atoms with Gasteiger partial charge in [0.1, 0.15) is 6.61 Å². The molecular weight excluding hydrogens is 325 g/mol. The maximum absolute atomic E-state index is 12.6. The number of nitrogens with two attached hydrogens (primary N) is 1. The molecule has 0 saturated carbocycles. The summed E-state index contributed by atoms with van der Waals surface area (Å²) in [6, 6.07) is 8.06. The number of benzene rings is 1. The lowest BCUT2D eigenvalue weighted by Gasteiger charge is -2.33. The molecule has 2 N–H and O–H groups in total. The van der Waals surface area contributed by atoms with Crippen molar-refractivity contribution in [2.75, 3.05) is 19.7 Å². The van der Waals surface area contributed by atoms with Crippen LogP contribution in [0.15, 0.2) is 30.3 Å². The molecule has 2 rings (SSSR count). The Balaban J connectivity index is 2.09. The number of carbonyl (C=O) groups excluding carboxylic acids is 2. The Hall–Kier alpha value is -2.09. The fourth-order valence-corrected chi connectivity index (χ4v) is 2.67. The molecule has 24 heavy (non-hydrogen) atoms. The minimum absolute atomic E-state index is 0.269. The second-order valence-corrected chi connectivity index (χ2v) is 5.72. The third-order valence-electron chi connectivity index (χ3n) is 3.95. The molecule has 1 heterocycles. The molecule has 1 atom stereocenters. The van der Waals surface area contributed by atoms with Crippen LogP contribution in [0.25, 0.3) is 0 Å². The van der Waals surface area contributed by atoms with Gasteiger partial charge in [-0.05, 0) is 18.4 Å². The second kappa shape index (κ2) is 7.65. The highest BCUT2D eigenvalue weighted by Gasteiger charge is 2.35. The minimum Gasteiger partial charge on any atom is -0.369 e. The first-order chi connectivity index (χ1) is 11.3. The van der Waals surface area contributed by atoms with Crippen LogP contribution < -0.4 is 5.73 Å². The highest BCUT2D eigenvalue weighted by Crippen LogP contribution is 2.26. The highest BCUT2D eigenvalue weighted by atomic mass is 19.4. The molecule has 1 aromatic carbocycles. The van der Waals surface area contributed by atoms with Crippen molar-refractivity contribution < 1.29 is 27.5 Å². The standard InChI is InChI=1S/C16H19F3N2O3/c17-16(18,19)10-24-13(11-4-2-1-3-5-11)15(23)21-8-6-12(7-9-21)14(20)22/h1-5,12-13H,6-10H2,(H2,20,22)/t13-/m0/s1. The number of rotatable bonds is 5. The molecule has 0 aromatic heterocycles. The number of halogens is 3. The molecule has 5 nitrogen and oxygen atoms in total. The van der Waals surface area contributed by atoms with Crippen molar-refractivity contribution in [3.05, 3.63) is 35.9 Å². The molecule has 1 aromatic rings. The average molecular weight is 344 g/mol. The third kappa shape index (κ3) is 4.95. The van der Waals surface area contributed by atoms with E-state index >= 15 is 0 Å². The largest absolute Gasteiger partial charge is 0.411 e. The van der Waals surface area contributed by atoms with Crippen LogP contribution in [0, 0.1) is 5.92 Å². The number of piperidine rings is 1. The zero-order valence-corrected chi connectivity index (χ0v) is 13.0. The number of alkyl halides is 3. The molecule has 1 aliphatic heterocycles. The van der Waals surface area contributed by atoms with E-state index in [4.69, 9.17) is 10.5 Å². The van der Waals surface area contributed by atoms with Gasteiger partial charge in [-0.15, -0.1) is 0 Å². The zero-order valence-electron chi connectivity index (χ0n) is 13.0. The van der Waals surface area contributed by atoms with Crippen molar-refractivity contribution in [3.8, 4) is 0 Å². The Morgan fingerprint density at radius 2 is 1.79 bits per heavy atom. The van der Waals surface area contributed by atoms with Gasteiger partial charge in [-0.3, -0.25) is 9.59 Å². The molecular formula is C16H19F3N2O3. The van der Waals surface area contributed by atoms with E-state index in [2.05, 4.69) is 0 Å². The first-order valence-electron chi connectivity index (χ1n) is 7.59. The molecule has 1 saturated heterocycles. The Bertz CT molecular complexity index is 570. The van der Waals surface area contributed by atoms with Crippen LogP contribution >= 0.6 is 0 Å². The number of amides is 2. The fraction of sp³-hybridized carbons (Fsp3) is 0.500. The summed E-state index contributed by atoms with van der Waals surface area (Å²) in [6.45, 7) is -0.966. The van der Waals surface area contributed by atoms with Crippen molar-refractivity contribution >= 4 is 11.8 Å². The lowest BCUT2D eigenvalue weighted by Crippen LogP contribution is -2.44. The lowest BCUT2D eigenvalue weighted by atomic mass is 9.95. The van der Waals surface area contributed by atoms with Crippen LogP contribution in [0.5, 0.6) is 0 Å². The van der Waals surface area contributed by atoms with Crippen LogP contribution in [0.1, 0.15) is 24.5 Å². The number of hydrogen-bond acceptors (Lipinski definition) is 3. The summed E-state index contributed by atoms with van der Waals surface area (Å²) in [5.74, 6) is -1.26. The summed E-state index contributed by atoms with van der Waals surface area (Å²) < 4.78 is 42.3. The number of carbonyl (C=O) groups is 2. The van der Waals surface area contributed by atoms with Gasteiger partial charge in [0.2, 0.25) is 5.91 Å². The normalized spacial score (nSPS) is 17.5. The summed E-state index contributed by atoms with van der Waals surface area (Å²) in [7, 11) is 0. The van der Waals surface area contributed by atoms with E-state index < -0.39 is 30.7 Å². The number of hydrogen-bond donors (Lipinski definition) is 1. The molecule has 0 bridgehead atoms. The zero-order chi connectivity index (χ0) is 17.7. The van der Waals surface area contributed by atoms with E-state index in [1.807, 2.05) is 0 Å². The number of likely N-dealkylation sites (tertiary alicyclic amines) is 1. The Kier molecular flexibility index (Phi) is 5.82. The predicted octanol–water partition coefficient (Wildman–Crippen LogP) is 2.03. The maximum Gasteiger partial charge on any atom is 0.411 e. The van der Waals surface area contributed by atoms with E-state index in [-0.39, 0.29) is 19.0 Å². The molecule has 1 aliphatic rings. The molecule has 0 aliphatic carbocycles. The Morgan fingerprint density at radius 3 is 2.29 bits per heavy atom.